The van der Waals surface area contributed by atoms with E-state index in [9.17, 15) is 4.39 Å². The topological polar surface area (TPSA) is 48.7 Å². The van der Waals surface area contributed by atoms with Gasteiger partial charge in [-0.15, -0.1) is 0 Å². The number of aromatic nitrogens is 1. The molecule has 19 heavy (non-hydrogen) atoms. The fourth-order valence-electron chi connectivity index (χ4n) is 1.40. The fourth-order valence-corrected chi connectivity index (χ4v) is 2.15. The average molecular weight is 317 g/mol. The van der Waals surface area contributed by atoms with E-state index < -0.39 is 5.82 Å². The lowest BCUT2D eigenvalue weighted by molar-refractivity contribution is 0.628. The highest BCUT2D eigenvalue weighted by Crippen LogP contribution is 2.35. The Morgan fingerprint density at radius 2 is 1.84 bits per heavy atom. The molecule has 2 rings (SSSR count). The van der Waals surface area contributed by atoms with Crippen LogP contribution >= 0.6 is 34.8 Å². The molecule has 1 heterocycles. The number of hydrogen-bond donors (Lipinski definition) is 1. The van der Waals surface area contributed by atoms with E-state index in [0.29, 0.717) is 0 Å². The maximum atomic E-state index is 13.1. The van der Waals surface area contributed by atoms with Gasteiger partial charge in [0.1, 0.15) is 16.9 Å². The SMILES string of the molecule is N#Cc1ccnc(Nc2c(Cl)cc(F)cc2Cl)c1Cl. The Bertz CT molecular complexity index is 659. The number of hydrogen-bond acceptors (Lipinski definition) is 3. The van der Waals surface area contributed by atoms with Crippen LogP contribution in [0.15, 0.2) is 24.4 Å². The monoisotopic (exact) mass is 315 g/mol. The first-order valence-electron chi connectivity index (χ1n) is 4.99. The molecule has 96 valence electrons. The molecule has 0 saturated heterocycles. The molecule has 0 saturated carbocycles. The predicted octanol–water partition coefficient (Wildman–Crippen LogP) is 4.80. The van der Waals surface area contributed by atoms with E-state index in [4.69, 9.17) is 40.1 Å². The highest BCUT2D eigenvalue weighted by Gasteiger charge is 2.13. The molecular formula is C12H5Cl3FN3. The molecule has 0 amide bonds. The van der Waals surface area contributed by atoms with Gasteiger partial charge >= 0.3 is 0 Å². The second-order valence-corrected chi connectivity index (χ2v) is 4.69. The number of pyridine rings is 1. The summed E-state index contributed by atoms with van der Waals surface area (Å²) in [5, 5.41) is 12.0. The Morgan fingerprint density at radius 1 is 1.21 bits per heavy atom. The maximum Gasteiger partial charge on any atom is 0.150 e. The van der Waals surface area contributed by atoms with Gasteiger partial charge in [-0.3, -0.25) is 0 Å². The molecule has 0 bridgehead atoms. The van der Waals surface area contributed by atoms with E-state index >= 15 is 0 Å². The zero-order chi connectivity index (χ0) is 14.0. The quantitative estimate of drug-likeness (QED) is 0.866. The zero-order valence-corrected chi connectivity index (χ0v) is 11.5. The molecule has 1 aromatic heterocycles. The first kappa shape index (κ1) is 13.9. The largest absolute Gasteiger partial charge is 0.337 e. The third-order valence-corrected chi connectivity index (χ3v) is 3.24. The fraction of sp³-hybridized carbons (Fsp3) is 0. The minimum Gasteiger partial charge on any atom is -0.337 e. The summed E-state index contributed by atoms with van der Waals surface area (Å²) < 4.78 is 13.1. The summed E-state index contributed by atoms with van der Waals surface area (Å²) in [7, 11) is 0. The van der Waals surface area contributed by atoms with E-state index in [2.05, 4.69) is 10.3 Å². The first-order valence-corrected chi connectivity index (χ1v) is 6.12. The normalized spacial score (nSPS) is 10.1. The molecule has 0 radical (unpaired) electrons. The number of nitrogens with one attached hydrogen (secondary N) is 1. The van der Waals surface area contributed by atoms with Gasteiger partial charge in [-0.05, 0) is 18.2 Å². The number of rotatable bonds is 2. The molecule has 0 fully saturated rings. The van der Waals surface area contributed by atoms with E-state index in [1.54, 1.807) is 0 Å². The molecule has 0 spiro atoms. The second-order valence-electron chi connectivity index (χ2n) is 3.50. The van der Waals surface area contributed by atoms with Gasteiger partial charge in [0.2, 0.25) is 0 Å². The van der Waals surface area contributed by atoms with Gasteiger partial charge in [0.25, 0.3) is 0 Å². The summed E-state index contributed by atoms with van der Waals surface area (Å²) in [6.07, 6.45) is 1.41. The van der Waals surface area contributed by atoms with Gasteiger partial charge in [0.05, 0.1) is 21.3 Å². The summed E-state index contributed by atoms with van der Waals surface area (Å²) >= 11 is 17.8. The highest BCUT2D eigenvalue weighted by molar-refractivity contribution is 6.39. The molecular weight excluding hydrogens is 312 g/mol. The molecule has 0 aliphatic carbocycles. The van der Waals surface area contributed by atoms with Crippen molar-refractivity contribution in [3.05, 3.63) is 50.8 Å². The van der Waals surface area contributed by atoms with Crippen LogP contribution in [0.3, 0.4) is 0 Å². The maximum absolute atomic E-state index is 13.1. The number of anilines is 2. The van der Waals surface area contributed by atoms with Gasteiger partial charge in [-0.2, -0.15) is 5.26 Å². The van der Waals surface area contributed by atoms with Crippen molar-refractivity contribution in [1.82, 2.24) is 4.98 Å². The van der Waals surface area contributed by atoms with Gasteiger partial charge < -0.3 is 5.32 Å². The highest BCUT2D eigenvalue weighted by atomic mass is 35.5. The minimum atomic E-state index is -0.551. The van der Waals surface area contributed by atoms with Crippen molar-refractivity contribution in [2.45, 2.75) is 0 Å². The molecule has 1 N–H and O–H groups in total. The van der Waals surface area contributed by atoms with Gasteiger partial charge in [-0.25, -0.2) is 9.37 Å². The molecule has 1 aromatic carbocycles. The third kappa shape index (κ3) is 2.90. The van der Waals surface area contributed by atoms with Crippen molar-refractivity contribution in [3.8, 4) is 6.07 Å². The van der Waals surface area contributed by atoms with Crippen LogP contribution in [0.2, 0.25) is 15.1 Å². The Kier molecular flexibility index (Phi) is 4.11. The lowest BCUT2D eigenvalue weighted by Gasteiger charge is -2.11. The molecule has 2 aromatic rings. The van der Waals surface area contributed by atoms with Crippen molar-refractivity contribution < 1.29 is 4.39 Å². The van der Waals surface area contributed by atoms with E-state index in [1.807, 2.05) is 6.07 Å². The molecule has 0 unspecified atom stereocenters. The van der Waals surface area contributed by atoms with Gasteiger partial charge in [-0.1, -0.05) is 34.8 Å². The molecule has 3 nitrogen and oxygen atoms in total. The van der Waals surface area contributed by atoms with Crippen LogP contribution in [0.25, 0.3) is 0 Å². The first-order chi connectivity index (χ1) is 9.02. The van der Waals surface area contributed by atoms with Crippen molar-refractivity contribution in [2.24, 2.45) is 0 Å². The molecule has 0 atom stereocenters. The van der Waals surface area contributed by atoms with Crippen molar-refractivity contribution in [1.29, 1.82) is 5.26 Å². The van der Waals surface area contributed by atoms with Crippen LogP contribution in [0.4, 0.5) is 15.9 Å². The van der Waals surface area contributed by atoms with Crippen LogP contribution in [-0.4, -0.2) is 4.98 Å². The van der Waals surface area contributed by atoms with Gasteiger partial charge in [0.15, 0.2) is 5.82 Å². The Hall–Kier alpha value is -1.54. The number of nitriles is 1. The third-order valence-electron chi connectivity index (χ3n) is 2.26. The van der Waals surface area contributed by atoms with Crippen molar-refractivity contribution >= 4 is 46.3 Å². The lowest BCUT2D eigenvalue weighted by atomic mass is 10.2. The Balaban J connectivity index is 2.46. The van der Waals surface area contributed by atoms with Gasteiger partial charge in [0, 0.05) is 6.20 Å². The van der Waals surface area contributed by atoms with E-state index in [0.717, 1.165) is 12.1 Å². The smallest absolute Gasteiger partial charge is 0.150 e. The van der Waals surface area contributed by atoms with Crippen molar-refractivity contribution in [3.63, 3.8) is 0 Å². The predicted molar refractivity (Wildman–Crippen MR) is 73.7 cm³/mol. The minimum absolute atomic E-state index is 0.0882. The van der Waals surface area contributed by atoms with Crippen LogP contribution in [0, 0.1) is 17.1 Å². The molecule has 0 aliphatic rings. The number of halogens is 4. The average Bonchev–Trinajstić information content (AvgIpc) is 2.35. The van der Waals surface area contributed by atoms with E-state index in [1.165, 1.54) is 12.3 Å². The van der Waals surface area contributed by atoms with E-state index in [-0.39, 0.29) is 32.1 Å². The van der Waals surface area contributed by atoms with Crippen LogP contribution in [-0.2, 0) is 0 Å². The van der Waals surface area contributed by atoms with Crippen LogP contribution in [0.1, 0.15) is 5.56 Å². The Labute approximate surface area is 123 Å². The number of nitrogens with zero attached hydrogens (tertiary/aromatic N) is 2. The molecule has 7 heteroatoms. The standard InChI is InChI=1S/C12H5Cl3FN3/c13-8-3-7(16)4-9(14)11(8)19-12-10(15)6(5-17)1-2-18-12/h1-4H,(H,18,19). The lowest BCUT2D eigenvalue weighted by Crippen LogP contribution is -1.98. The number of benzene rings is 1. The van der Waals surface area contributed by atoms with Crippen molar-refractivity contribution in [2.75, 3.05) is 5.32 Å². The second kappa shape index (κ2) is 5.62. The summed E-state index contributed by atoms with van der Waals surface area (Å²) in [6.45, 7) is 0. The summed E-state index contributed by atoms with van der Waals surface area (Å²) in [6, 6.07) is 5.61. The molecule has 0 aliphatic heterocycles. The summed E-state index contributed by atoms with van der Waals surface area (Å²) in [5.41, 5.74) is 0.530. The summed E-state index contributed by atoms with van der Waals surface area (Å²) in [5.74, 6) is -0.332. The zero-order valence-electron chi connectivity index (χ0n) is 9.22. The Morgan fingerprint density at radius 3 is 2.42 bits per heavy atom. The summed E-state index contributed by atoms with van der Waals surface area (Å²) in [4.78, 5) is 3.98. The van der Waals surface area contributed by atoms with Crippen LogP contribution < -0.4 is 5.32 Å². The van der Waals surface area contributed by atoms with Crippen LogP contribution in [0.5, 0.6) is 0 Å².